The van der Waals surface area contributed by atoms with E-state index in [0.29, 0.717) is 12.3 Å². The number of hydrogen-bond acceptors (Lipinski definition) is 2. The Morgan fingerprint density at radius 1 is 1.14 bits per heavy atom. The summed E-state index contributed by atoms with van der Waals surface area (Å²) >= 11 is 0. The van der Waals surface area contributed by atoms with Crippen LogP contribution in [0.1, 0.15) is 43.7 Å². The van der Waals surface area contributed by atoms with Crippen molar-refractivity contribution in [2.24, 2.45) is 0 Å². The van der Waals surface area contributed by atoms with Crippen molar-refractivity contribution in [3.8, 4) is 5.75 Å². The maximum absolute atomic E-state index is 12.8. The lowest BCUT2D eigenvalue weighted by atomic mass is 9.89. The maximum Gasteiger partial charge on any atom is 0.226 e. The number of likely N-dealkylation sites (tertiary alicyclic amines) is 1. The van der Waals surface area contributed by atoms with E-state index in [-0.39, 0.29) is 12.0 Å². The molecule has 146 valence electrons. The number of amides is 1. The maximum atomic E-state index is 12.8. The van der Waals surface area contributed by atoms with E-state index in [1.165, 1.54) is 16.5 Å². The number of carbonyl (C=O) groups is 1. The first-order valence-corrected chi connectivity index (χ1v) is 10.2. The Kier molecular flexibility index (Phi) is 5.38. The molecule has 4 nitrogen and oxygen atoms in total. The van der Waals surface area contributed by atoms with Crippen LogP contribution in [0.25, 0.3) is 10.9 Å². The van der Waals surface area contributed by atoms with E-state index < -0.39 is 0 Å². The Morgan fingerprint density at radius 3 is 2.71 bits per heavy atom. The molecule has 2 heterocycles. The number of carbonyl (C=O) groups excluding carboxylic acids is 1. The molecule has 1 saturated heterocycles. The number of piperidine rings is 1. The Balaban J connectivity index is 1.36. The summed E-state index contributed by atoms with van der Waals surface area (Å²) in [6, 6.07) is 16.4. The molecule has 4 heteroatoms. The van der Waals surface area contributed by atoms with E-state index in [1.54, 1.807) is 0 Å². The minimum absolute atomic E-state index is 0.134. The summed E-state index contributed by atoms with van der Waals surface area (Å²) in [5.41, 5.74) is 3.60. The summed E-state index contributed by atoms with van der Waals surface area (Å²) in [6.45, 7) is 5.67. The number of nitrogens with zero attached hydrogens (tertiary/aromatic N) is 1. The largest absolute Gasteiger partial charge is 0.491 e. The van der Waals surface area contributed by atoms with Crippen LogP contribution in [0.5, 0.6) is 5.75 Å². The molecule has 1 aliphatic rings. The summed E-state index contributed by atoms with van der Waals surface area (Å²) in [6.07, 6.45) is 4.75. The summed E-state index contributed by atoms with van der Waals surface area (Å²) in [4.78, 5) is 18.2. The predicted molar refractivity (Wildman–Crippen MR) is 113 cm³/mol. The molecular formula is C24H28N2O2. The van der Waals surface area contributed by atoms with Crippen LogP contribution in [-0.2, 0) is 11.2 Å². The molecular weight excluding hydrogens is 348 g/mol. The third-order valence-corrected chi connectivity index (χ3v) is 5.53. The first-order chi connectivity index (χ1) is 13.6. The summed E-state index contributed by atoms with van der Waals surface area (Å²) in [7, 11) is 0. The van der Waals surface area contributed by atoms with Crippen molar-refractivity contribution >= 4 is 16.8 Å². The first-order valence-electron chi connectivity index (χ1n) is 10.2. The second kappa shape index (κ2) is 8.09. The van der Waals surface area contributed by atoms with E-state index in [0.717, 1.165) is 37.2 Å². The molecule has 4 rings (SSSR count). The Hall–Kier alpha value is -2.75. The predicted octanol–water partition coefficient (Wildman–Crippen LogP) is 4.90. The van der Waals surface area contributed by atoms with Crippen LogP contribution in [0.4, 0.5) is 0 Å². The normalized spacial score (nSPS) is 15.3. The zero-order chi connectivity index (χ0) is 19.5. The molecule has 1 aliphatic heterocycles. The molecule has 2 aromatic carbocycles. The average molecular weight is 377 g/mol. The van der Waals surface area contributed by atoms with Crippen molar-refractivity contribution in [1.82, 2.24) is 9.88 Å². The zero-order valence-electron chi connectivity index (χ0n) is 16.7. The number of hydrogen-bond donors (Lipinski definition) is 1. The van der Waals surface area contributed by atoms with Gasteiger partial charge < -0.3 is 14.6 Å². The fourth-order valence-electron chi connectivity index (χ4n) is 4.16. The number of nitrogens with one attached hydrogen (secondary N) is 1. The average Bonchev–Trinajstić information content (AvgIpc) is 3.12. The highest BCUT2D eigenvalue weighted by Gasteiger charge is 2.25. The first kappa shape index (κ1) is 18.6. The molecule has 0 aliphatic carbocycles. The lowest BCUT2D eigenvalue weighted by Crippen LogP contribution is -2.38. The number of benzene rings is 2. The van der Waals surface area contributed by atoms with E-state index in [2.05, 4.69) is 35.4 Å². The number of H-pyrrole nitrogens is 1. The molecule has 1 aromatic heterocycles. The molecule has 0 bridgehead atoms. The number of para-hydroxylation sites is 1. The van der Waals surface area contributed by atoms with Crippen LogP contribution < -0.4 is 4.74 Å². The highest BCUT2D eigenvalue weighted by Crippen LogP contribution is 2.33. The van der Waals surface area contributed by atoms with Crippen molar-refractivity contribution in [3.63, 3.8) is 0 Å². The van der Waals surface area contributed by atoms with Gasteiger partial charge in [0.25, 0.3) is 0 Å². The highest BCUT2D eigenvalue weighted by atomic mass is 16.5. The third kappa shape index (κ3) is 4.06. The monoisotopic (exact) mass is 376 g/mol. The molecule has 0 atom stereocenters. The fraction of sp³-hybridized carbons (Fsp3) is 0.375. The van der Waals surface area contributed by atoms with Crippen molar-refractivity contribution < 1.29 is 9.53 Å². The number of fused-ring (bicyclic) bond motifs is 1. The van der Waals surface area contributed by atoms with Crippen molar-refractivity contribution in [1.29, 1.82) is 0 Å². The minimum Gasteiger partial charge on any atom is -0.491 e. The highest BCUT2D eigenvalue weighted by molar-refractivity contribution is 5.84. The topological polar surface area (TPSA) is 45.3 Å². The second-order valence-corrected chi connectivity index (χ2v) is 7.94. The molecule has 1 fully saturated rings. The van der Waals surface area contributed by atoms with E-state index in [1.807, 2.05) is 43.0 Å². The van der Waals surface area contributed by atoms with Crippen molar-refractivity contribution in [3.05, 3.63) is 65.9 Å². The summed E-state index contributed by atoms with van der Waals surface area (Å²) in [5, 5.41) is 1.31. The van der Waals surface area contributed by atoms with Crippen LogP contribution in [0, 0.1) is 0 Å². The minimum atomic E-state index is 0.134. The van der Waals surface area contributed by atoms with Crippen LogP contribution in [-0.4, -0.2) is 35.0 Å². The van der Waals surface area contributed by atoms with Gasteiger partial charge in [0.15, 0.2) is 0 Å². The second-order valence-electron chi connectivity index (χ2n) is 7.94. The molecule has 0 saturated carbocycles. The van der Waals surface area contributed by atoms with Gasteiger partial charge in [-0.2, -0.15) is 0 Å². The van der Waals surface area contributed by atoms with Gasteiger partial charge in [0.1, 0.15) is 5.75 Å². The van der Waals surface area contributed by atoms with E-state index in [9.17, 15) is 4.79 Å². The smallest absolute Gasteiger partial charge is 0.226 e. The van der Waals surface area contributed by atoms with Gasteiger partial charge >= 0.3 is 0 Å². The van der Waals surface area contributed by atoms with E-state index in [4.69, 9.17) is 4.74 Å². The quantitative estimate of drug-likeness (QED) is 0.688. The molecule has 0 spiro atoms. The Labute approximate surface area is 166 Å². The molecule has 3 aromatic rings. The van der Waals surface area contributed by atoms with Gasteiger partial charge in [0.05, 0.1) is 12.5 Å². The summed E-state index contributed by atoms with van der Waals surface area (Å²) < 4.78 is 5.74. The van der Waals surface area contributed by atoms with Gasteiger partial charge in [-0.3, -0.25) is 4.79 Å². The van der Waals surface area contributed by atoms with Crippen LogP contribution in [0.2, 0.25) is 0 Å². The molecule has 0 radical (unpaired) electrons. The third-order valence-electron chi connectivity index (χ3n) is 5.53. The Bertz CT molecular complexity index is 952. The molecule has 1 amide bonds. The molecule has 1 N–H and O–H groups in total. The standard InChI is InChI=1S/C24H28N2O2/c1-17(2)28-20-7-5-6-18(14-20)15-24(27)26-12-10-19(11-13-26)22-16-25-23-9-4-3-8-21(22)23/h3-9,14,16-17,19,25H,10-13,15H2,1-2H3. The van der Waals surface area contributed by atoms with E-state index >= 15 is 0 Å². The van der Waals surface area contributed by atoms with Crippen LogP contribution in [0.3, 0.4) is 0 Å². The number of aromatic nitrogens is 1. The van der Waals surface area contributed by atoms with Crippen molar-refractivity contribution in [2.75, 3.05) is 13.1 Å². The lowest BCUT2D eigenvalue weighted by molar-refractivity contribution is -0.131. The fourth-order valence-corrected chi connectivity index (χ4v) is 4.16. The van der Waals surface area contributed by atoms with Gasteiger partial charge in [0, 0.05) is 30.2 Å². The van der Waals surface area contributed by atoms with Crippen molar-refractivity contribution in [2.45, 2.75) is 45.1 Å². The molecule has 28 heavy (non-hydrogen) atoms. The van der Waals surface area contributed by atoms with Gasteiger partial charge in [0.2, 0.25) is 5.91 Å². The number of aromatic amines is 1. The number of rotatable bonds is 5. The lowest BCUT2D eigenvalue weighted by Gasteiger charge is -2.32. The summed E-state index contributed by atoms with van der Waals surface area (Å²) in [5.74, 6) is 1.56. The Morgan fingerprint density at radius 2 is 1.93 bits per heavy atom. The van der Waals surface area contributed by atoms with Gasteiger partial charge in [-0.05, 0) is 61.9 Å². The number of ether oxygens (including phenoxy) is 1. The van der Waals surface area contributed by atoms with Gasteiger partial charge in [-0.25, -0.2) is 0 Å². The van der Waals surface area contributed by atoms with Crippen LogP contribution in [0.15, 0.2) is 54.7 Å². The SMILES string of the molecule is CC(C)Oc1cccc(CC(=O)N2CCC(c3c[nH]c4ccccc34)CC2)c1. The van der Waals surface area contributed by atoms with Gasteiger partial charge in [-0.15, -0.1) is 0 Å². The molecule has 0 unspecified atom stereocenters. The van der Waals surface area contributed by atoms with Gasteiger partial charge in [-0.1, -0.05) is 30.3 Å². The van der Waals surface area contributed by atoms with Crippen LogP contribution >= 0.6 is 0 Å². The zero-order valence-corrected chi connectivity index (χ0v) is 16.7.